The van der Waals surface area contributed by atoms with Gasteiger partial charge in [0.1, 0.15) is 5.82 Å². The van der Waals surface area contributed by atoms with Crippen LogP contribution in [0.5, 0.6) is 0 Å². The van der Waals surface area contributed by atoms with Gasteiger partial charge in [0.2, 0.25) is 0 Å². The number of thioether (sulfide) groups is 1. The number of aromatic nitrogens is 3. The Kier molecular flexibility index (Phi) is 9.30. The van der Waals surface area contributed by atoms with E-state index in [0.29, 0.717) is 11.8 Å². The van der Waals surface area contributed by atoms with Crippen molar-refractivity contribution in [2.75, 3.05) is 25.4 Å². The quantitative estimate of drug-likeness (QED) is 0.262. The summed E-state index contributed by atoms with van der Waals surface area (Å²) in [4.78, 5) is 17.0. The van der Waals surface area contributed by atoms with Crippen LogP contribution in [0.3, 0.4) is 0 Å². The highest BCUT2D eigenvalue weighted by atomic mass is 127. The minimum Gasteiger partial charge on any atom is -0.357 e. The summed E-state index contributed by atoms with van der Waals surface area (Å²) in [6.45, 7) is 6.09. The van der Waals surface area contributed by atoms with Gasteiger partial charge >= 0.3 is 5.69 Å². The van der Waals surface area contributed by atoms with Crippen LogP contribution in [-0.2, 0) is 19.5 Å². The Morgan fingerprint density at radius 1 is 1.35 bits per heavy atom. The Morgan fingerprint density at radius 2 is 2.23 bits per heavy atom. The molecule has 1 aromatic rings. The first-order chi connectivity index (χ1) is 12.3. The van der Waals surface area contributed by atoms with Gasteiger partial charge in [-0.15, -0.1) is 24.0 Å². The summed E-state index contributed by atoms with van der Waals surface area (Å²) in [5.41, 5.74) is 0.0496. The van der Waals surface area contributed by atoms with E-state index in [0.717, 1.165) is 63.6 Å². The molecule has 2 aliphatic rings. The fraction of sp³-hybridized carbons (Fsp3) is 0.824. The number of fused-ring (bicyclic) bond motifs is 1. The molecule has 1 fully saturated rings. The van der Waals surface area contributed by atoms with Gasteiger partial charge in [0.05, 0.1) is 6.54 Å². The van der Waals surface area contributed by atoms with Gasteiger partial charge in [-0.25, -0.2) is 9.48 Å². The summed E-state index contributed by atoms with van der Waals surface area (Å²) < 4.78 is 3.46. The molecular weight excluding hydrogens is 463 g/mol. The number of guanidine groups is 1. The first kappa shape index (κ1) is 21.6. The largest absolute Gasteiger partial charge is 0.357 e. The fourth-order valence-corrected chi connectivity index (χ4v) is 4.53. The third-order valence-corrected chi connectivity index (χ3v) is 6.07. The number of nitrogens with zero attached hydrogens (tertiary/aromatic N) is 4. The van der Waals surface area contributed by atoms with Crippen molar-refractivity contribution in [3.63, 3.8) is 0 Å². The second kappa shape index (κ2) is 11.2. The molecule has 0 spiro atoms. The van der Waals surface area contributed by atoms with Crippen LogP contribution in [0.1, 0.15) is 44.9 Å². The van der Waals surface area contributed by atoms with E-state index in [1.807, 2.05) is 16.3 Å². The van der Waals surface area contributed by atoms with Crippen LogP contribution >= 0.6 is 35.7 Å². The Hall–Kier alpha value is -0.710. The van der Waals surface area contributed by atoms with Gasteiger partial charge in [0.15, 0.2) is 5.96 Å². The normalized spacial score (nSPS) is 19.7. The number of hydrogen-bond acceptors (Lipinski definition) is 4. The summed E-state index contributed by atoms with van der Waals surface area (Å²) in [5.74, 6) is 3.10. The predicted molar refractivity (Wildman–Crippen MR) is 119 cm³/mol. The molecule has 1 atom stereocenters. The number of hydrogen-bond donors (Lipinski definition) is 2. The van der Waals surface area contributed by atoms with Crippen molar-refractivity contribution in [2.24, 2.45) is 4.99 Å². The topological polar surface area (TPSA) is 76.2 Å². The lowest BCUT2D eigenvalue weighted by Crippen LogP contribution is -2.38. The fourth-order valence-electron chi connectivity index (χ4n) is 3.35. The van der Waals surface area contributed by atoms with E-state index in [-0.39, 0.29) is 29.7 Å². The smallest absolute Gasteiger partial charge is 0.345 e. The first-order valence-electron chi connectivity index (χ1n) is 9.58. The van der Waals surface area contributed by atoms with Crippen LogP contribution in [0.25, 0.3) is 0 Å². The van der Waals surface area contributed by atoms with Gasteiger partial charge in [0.25, 0.3) is 0 Å². The van der Waals surface area contributed by atoms with Crippen molar-refractivity contribution in [2.45, 2.75) is 63.8 Å². The molecule has 0 radical (unpaired) electrons. The minimum atomic E-state index is 0. The van der Waals surface area contributed by atoms with E-state index >= 15 is 0 Å². The van der Waals surface area contributed by atoms with Crippen molar-refractivity contribution >= 4 is 41.7 Å². The number of rotatable bonds is 7. The Morgan fingerprint density at radius 3 is 2.96 bits per heavy atom. The third kappa shape index (κ3) is 5.90. The Bertz CT molecular complexity index is 638. The molecule has 2 aliphatic heterocycles. The van der Waals surface area contributed by atoms with Crippen LogP contribution in [-0.4, -0.2) is 50.9 Å². The van der Waals surface area contributed by atoms with E-state index in [1.54, 1.807) is 4.68 Å². The summed E-state index contributed by atoms with van der Waals surface area (Å²) in [6, 6.07) is 0. The summed E-state index contributed by atoms with van der Waals surface area (Å²) in [6.07, 6.45) is 6.61. The van der Waals surface area contributed by atoms with Gasteiger partial charge < -0.3 is 10.6 Å². The molecule has 26 heavy (non-hydrogen) atoms. The molecule has 3 heterocycles. The van der Waals surface area contributed by atoms with Gasteiger partial charge in [-0.2, -0.15) is 16.9 Å². The van der Waals surface area contributed by atoms with Crippen LogP contribution < -0.4 is 16.3 Å². The van der Waals surface area contributed by atoms with Crippen molar-refractivity contribution < 1.29 is 0 Å². The second-order valence-electron chi connectivity index (χ2n) is 6.67. The van der Waals surface area contributed by atoms with Crippen molar-refractivity contribution in [3.8, 4) is 0 Å². The van der Waals surface area contributed by atoms with Crippen molar-refractivity contribution in [1.29, 1.82) is 0 Å². The SMILES string of the molecule is CCNC(=NCC1CCCS1)NCCCn1nc2n(c1=O)CCCC2.I. The first-order valence-corrected chi connectivity index (χ1v) is 10.6. The van der Waals surface area contributed by atoms with Crippen molar-refractivity contribution in [1.82, 2.24) is 25.0 Å². The number of halogens is 1. The van der Waals surface area contributed by atoms with E-state index in [9.17, 15) is 4.79 Å². The summed E-state index contributed by atoms with van der Waals surface area (Å²) >= 11 is 2.03. The lowest BCUT2D eigenvalue weighted by Gasteiger charge is -2.12. The second-order valence-corrected chi connectivity index (χ2v) is 8.07. The zero-order chi connectivity index (χ0) is 17.5. The van der Waals surface area contributed by atoms with Gasteiger partial charge in [-0.05, 0) is 44.8 Å². The zero-order valence-corrected chi connectivity index (χ0v) is 18.7. The molecular formula is C17H31IN6OS. The van der Waals surface area contributed by atoms with Crippen LogP contribution in [0, 0.1) is 0 Å². The van der Waals surface area contributed by atoms with Crippen LogP contribution in [0.2, 0.25) is 0 Å². The van der Waals surface area contributed by atoms with Gasteiger partial charge in [-0.3, -0.25) is 9.56 Å². The van der Waals surface area contributed by atoms with Gasteiger partial charge in [-0.1, -0.05) is 0 Å². The molecule has 1 aromatic heterocycles. The number of aliphatic imine (C=N–C) groups is 1. The maximum atomic E-state index is 12.3. The van der Waals surface area contributed by atoms with E-state index in [1.165, 1.54) is 18.6 Å². The summed E-state index contributed by atoms with van der Waals surface area (Å²) in [7, 11) is 0. The molecule has 2 N–H and O–H groups in total. The van der Waals surface area contributed by atoms with E-state index in [4.69, 9.17) is 4.99 Å². The molecule has 0 saturated carbocycles. The standard InChI is InChI=1S/C17H30N6OS.HI/c1-2-18-16(20-13-14-7-5-12-25-14)19-9-6-11-23-17(24)22-10-4-3-8-15(22)21-23;/h14H,2-13H2,1H3,(H2,18,19,20);1H. The molecule has 148 valence electrons. The number of nitrogens with one attached hydrogen (secondary N) is 2. The minimum absolute atomic E-state index is 0. The summed E-state index contributed by atoms with van der Waals surface area (Å²) in [5, 5.41) is 11.8. The maximum absolute atomic E-state index is 12.3. The highest BCUT2D eigenvalue weighted by Gasteiger charge is 2.16. The lowest BCUT2D eigenvalue weighted by atomic mass is 10.2. The Balaban J connectivity index is 0.00000243. The molecule has 1 saturated heterocycles. The molecule has 9 heteroatoms. The van der Waals surface area contributed by atoms with Crippen LogP contribution in [0.15, 0.2) is 9.79 Å². The highest BCUT2D eigenvalue weighted by molar-refractivity contribution is 14.0. The molecule has 0 aliphatic carbocycles. The van der Waals surface area contributed by atoms with E-state index < -0.39 is 0 Å². The van der Waals surface area contributed by atoms with Crippen molar-refractivity contribution in [3.05, 3.63) is 16.3 Å². The van der Waals surface area contributed by atoms with Crippen LogP contribution in [0.4, 0.5) is 0 Å². The predicted octanol–water partition coefficient (Wildman–Crippen LogP) is 1.84. The molecule has 1 unspecified atom stereocenters. The monoisotopic (exact) mass is 494 g/mol. The van der Waals surface area contributed by atoms with Gasteiger partial charge in [0, 0.05) is 37.8 Å². The molecule has 0 aromatic carbocycles. The molecule has 0 bridgehead atoms. The molecule has 0 amide bonds. The highest BCUT2D eigenvalue weighted by Crippen LogP contribution is 2.25. The Labute approximate surface area is 176 Å². The average molecular weight is 494 g/mol. The molecule has 7 nitrogen and oxygen atoms in total. The molecule has 3 rings (SSSR count). The third-order valence-electron chi connectivity index (χ3n) is 4.69. The average Bonchev–Trinajstić information content (AvgIpc) is 3.25. The maximum Gasteiger partial charge on any atom is 0.345 e. The van der Waals surface area contributed by atoms with E-state index in [2.05, 4.69) is 22.7 Å². The lowest BCUT2D eigenvalue weighted by molar-refractivity contribution is 0.509. The zero-order valence-electron chi connectivity index (χ0n) is 15.6. The number of aryl methyl sites for hydroxylation is 2.